The molecular formula is C7H12BNO2. The summed E-state index contributed by atoms with van der Waals surface area (Å²) in [6.07, 6.45) is 2.47. The van der Waals surface area contributed by atoms with E-state index in [4.69, 9.17) is 13.0 Å². The third-order valence-electron chi connectivity index (χ3n) is 1.08. The van der Waals surface area contributed by atoms with E-state index in [9.17, 15) is 5.11 Å². The Morgan fingerprint density at radius 2 is 2.18 bits per heavy atom. The van der Waals surface area contributed by atoms with Crippen molar-refractivity contribution in [3.05, 3.63) is 12.0 Å². The Hall–Kier alpha value is -0.765. The fourth-order valence-corrected chi connectivity index (χ4v) is 0.500. The van der Waals surface area contributed by atoms with Gasteiger partial charge in [0.2, 0.25) is 0 Å². The van der Waals surface area contributed by atoms with Gasteiger partial charge in [0.15, 0.2) is 0 Å². The number of nitrogens with zero attached hydrogens (tertiary/aromatic N) is 1. The maximum Gasteiger partial charge on any atom is 0.105 e. The van der Waals surface area contributed by atoms with E-state index in [1.165, 1.54) is 20.1 Å². The Bertz CT molecular complexity index is 170. The molecule has 0 rings (SSSR count). The van der Waals surface area contributed by atoms with Gasteiger partial charge >= 0.3 is 0 Å². The highest BCUT2D eigenvalue weighted by atomic mass is 16.3. The summed E-state index contributed by atoms with van der Waals surface area (Å²) >= 11 is 0. The number of hydrogen-bond donors (Lipinski definition) is 2. The smallest absolute Gasteiger partial charge is 0.105 e. The van der Waals surface area contributed by atoms with Gasteiger partial charge in [-0.3, -0.25) is 4.99 Å². The zero-order valence-electron chi connectivity index (χ0n) is 6.78. The molecule has 0 aliphatic heterocycles. The second kappa shape index (κ2) is 4.18. The summed E-state index contributed by atoms with van der Waals surface area (Å²) in [5.41, 5.74) is -0.927. The maximum absolute atomic E-state index is 9.32. The van der Waals surface area contributed by atoms with Crippen LogP contribution in [-0.2, 0) is 0 Å². The number of aliphatic hydroxyl groups excluding tert-OH is 1. The van der Waals surface area contributed by atoms with Crippen LogP contribution in [0.5, 0.6) is 0 Å². The summed E-state index contributed by atoms with van der Waals surface area (Å²) in [4.78, 5) is 3.74. The Morgan fingerprint density at radius 1 is 1.64 bits per heavy atom. The third kappa shape index (κ3) is 3.83. The highest BCUT2D eigenvalue weighted by molar-refractivity contribution is 6.16. The lowest BCUT2D eigenvalue weighted by atomic mass is 10.1. The molecule has 0 unspecified atom stereocenters. The average Bonchev–Trinajstić information content (AvgIpc) is 1.87. The predicted molar refractivity (Wildman–Crippen MR) is 46.1 cm³/mol. The number of hydrogen-bond acceptors (Lipinski definition) is 3. The molecule has 0 amide bonds. The normalized spacial score (nSPS) is 14.3. The van der Waals surface area contributed by atoms with Gasteiger partial charge in [-0.15, -0.1) is 0 Å². The van der Waals surface area contributed by atoms with Gasteiger partial charge in [-0.1, -0.05) is 6.32 Å². The summed E-state index contributed by atoms with van der Waals surface area (Å²) in [5.74, 6) is 0. The molecule has 11 heavy (non-hydrogen) atoms. The van der Waals surface area contributed by atoms with E-state index >= 15 is 0 Å². The van der Waals surface area contributed by atoms with Crippen molar-refractivity contribution in [2.24, 2.45) is 4.99 Å². The summed E-state index contributed by atoms with van der Waals surface area (Å²) in [6.45, 7) is 3.06. The van der Waals surface area contributed by atoms with Gasteiger partial charge in [-0.2, -0.15) is 0 Å². The Labute approximate surface area is 67.9 Å². The molecule has 0 aliphatic rings. The van der Waals surface area contributed by atoms with Crippen LogP contribution >= 0.6 is 0 Å². The largest absolute Gasteiger partial charge is 0.514 e. The molecule has 0 bridgehead atoms. The van der Waals surface area contributed by atoms with Gasteiger partial charge in [0.25, 0.3) is 0 Å². The lowest BCUT2D eigenvalue weighted by molar-refractivity contribution is 0.115. The van der Waals surface area contributed by atoms with Crippen LogP contribution in [0.2, 0.25) is 6.32 Å². The van der Waals surface area contributed by atoms with Crippen molar-refractivity contribution in [1.82, 2.24) is 0 Å². The molecule has 0 saturated carbocycles. The van der Waals surface area contributed by atoms with Gasteiger partial charge in [0.05, 0.1) is 7.85 Å². The van der Waals surface area contributed by atoms with Crippen molar-refractivity contribution in [1.29, 1.82) is 0 Å². The lowest BCUT2D eigenvalue weighted by Gasteiger charge is -2.16. The SMILES string of the molecule is [B]CC=N/C(=C\O)C(C)(C)O. The maximum atomic E-state index is 9.32. The molecule has 0 spiro atoms. The first kappa shape index (κ1) is 10.2. The quantitative estimate of drug-likeness (QED) is 0.358. The highest BCUT2D eigenvalue weighted by Crippen LogP contribution is 2.15. The van der Waals surface area contributed by atoms with Crippen LogP contribution in [0, 0.1) is 0 Å². The second-order valence-corrected chi connectivity index (χ2v) is 2.62. The molecule has 3 nitrogen and oxygen atoms in total. The molecule has 0 aromatic carbocycles. The van der Waals surface area contributed by atoms with Gasteiger partial charge in [0, 0.05) is 0 Å². The molecule has 2 N–H and O–H groups in total. The van der Waals surface area contributed by atoms with Crippen LogP contribution < -0.4 is 0 Å². The highest BCUT2D eigenvalue weighted by Gasteiger charge is 2.18. The fourth-order valence-electron chi connectivity index (χ4n) is 0.500. The molecule has 4 heteroatoms. The van der Waals surface area contributed by atoms with Crippen molar-refractivity contribution in [3.8, 4) is 0 Å². The number of aliphatic imine (C=N–C) groups is 1. The number of rotatable bonds is 3. The van der Waals surface area contributed by atoms with E-state index in [-0.39, 0.29) is 12.0 Å². The topological polar surface area (TPSA) is 52.8 Å². The first-order chi connectivity index (χ1) is 5.02. The zero-order valence-corrected chi connectivity index (χ0v) is 6.78. The van der Waals surface area contributed by atoms with Crippen molar-refractivity contribution in [3.63, 3.8) is 0 Å². The van der Waals surface area contributed by atoms with E-state index in [1.807, 2.05) is 0 Å². The molecule has 0 fully saturated rings. The minimum Gasteiger partial charge on any atom is -0.514 e. The van der Waals surface area contributed by atoms with Crippen LogP contribution in [0.3, 0.4) is 0 Å². The fraction of sp³-hybridized carbons (Fsp3) is 0.571. The average molecular weight is 153 g/mol. The monoisotopic (exact) mass is 153 g/mol. The predicted octanol–water partition coefficient (Wildman–Crippen LogP) is 0.814. The van der Waals surface area contributed by atoms with Crippen LogP contribution in [-0.4, -0.2) is 29.9 Å². The van der Waals surface area contributed by atoms with E-state index < -0.39 is 5.60 Å². The summed E-state index contributed by atoms with van der Waals surface area (Å²) in [6, 6.07) is 0. The Morgan fingerprint density at radius 3 is 2.45 bits per heavy atom. The standard InChI is InChI=1S/C7H12BNO2/c1-7(2,11)6(5-10)9-4-3-8/h4-5,10-11H,3H2,1-2H3/b6-5-,9-4?. The van der Waals surface area contributed by atoms with Crippen LogP contribution in [0.4, 0.5) is 0 Å². The second-order valence-electron chi connectivity index (χ2n) is 2.62. The van der Waals surface area contributed by atoms with Crippen molar-refractivity contribution >= 4 is 14.1 Å². The van der Waals surface area contributed by atoms with E-state index in [0.29, 0.717) is 0 Å². The zero-order chi connectivity index (χ0) is 8.91. The molecule has 60 valence electrons. The van der Waals surface area contributed by atoms with Gasteiger partial charge in [-0.25, -0.2) is 0 Å². The minimum atomic E-state index is -1.12. The van der Waals surface area contributed by atoms with E-state index in [1.54, 1.807) is 0 Å². The van der Waals surface area contributed by atoms with E-state index in [2.05, 4.69) is 4.99 Å². The van der Waals surface area contributed by atoms with E-state index in [0.717, 1.165) is 6.26 Å². The molecule has 0 aliphatic carbocycles. The Kier molecular flexibility index (Phi) is 3.89. The number of aliphatic hydroxyl groups is 2. The van der Waals surface area contributed by atoms with Gasteiger partial charge < -0.3 is 10.2 Å². The van der Waals surface area contributed by atoms with Crippen LogP contribution in [0.25, 0.3) is 0 Å². The summed E-state index contributed by atoms with van der Waals surface area (Å²) in [5, 5.41) is 17.9. The van der Waals surface area contributed by atoms with Crippen molar-refractivity contribution < 1.29 is 10.2 Å². The molecule has 0 heterocycles. The van der Waals surface area contributed by atoms with Crippen LogP contribution in [0.15, 0.2) is 17.0 Å². The van der Waals surface area contributed by atoms with Gasteiger partial charge in [-0.05, 0) is 20.1 Å². The third-order valence-corrected chi connectivity index (χ3v) is 1.08. The molecule has 0 saturated heterocycles. The minimum absolute atomic E-state index is 0.197. The van der Waals surface area contributed by atoms with Crippen molar-refractivity contribution in [2.75, 3.05) is 0 Å². The molecular weight excluding hydrogens is 141 g/mol. The first-order valence-corrected chi connectivity index (χ1v) is 3.32. The molecule has 0 aromatic heterocycles. The molecule has 0 aromatic rings. The lowest BCUT2D eigenvalue weighted by Crippen LogP contribution is -2.20. The van der Waals surface area contributed by atoms with Crippen LogP contribution in [0.1, 0.15) is 13.8 Å². The Balaban J connectivity index is 4.33. The summed E-state index contributed by atoms with van der Waals surface area (Å²) in [7, 11) is 5.14. The molecule has 2 radical (unpaired) electrons. The summed E-state index contributed by atoms with van der Waals surface area (Å²) < 4.78 is 0. The van der Waals surface area contributed by atoms with Gasteiger partial charge in [0.1, 0.15) is 17.6 Å². The molecule has 0 atom stereocenters. The van der Waals surface area contributed by atoms with Crippen molar-refractivity contribution in [2.45, 2.75) is 25.8 Å². The first-order valence-electron chi connectivity index (χ1n) is 3.32.